The van der Waals surface area contributed by atoms with Gasteiger partial charge in [0.2, 0.25) is 0 Å². The lowest BCUT2D eigenvalue weighted by molar-refractivity contribution is 0.186. The van der Waals surface area contributed by atoms with Crippen molar-refractivity contribution in [2.45, 2.75) is 37.5 Å². The van der Waals surface area contributed by atoms with E-state index in [0.29, 0.717) is 12.8 Å². The molecule has 0 fully saturated rings. The maximum absolute atomic E-state index is 12.1. The fraction of sp³-hybridized carbons (Fsp3) is 0.474. The van der Waals surface area contributed by atoms with Gasteiger partial charge in [-0.25, -0.2) is 8.42 Å². The molecule has 26 heavy (non-hydrogen) atoms. The van der Waals surface area contributed by atoms with Gasteiger partial charge in [0, 0.05) is 0 Å². The van der Waals surface area contributed by atoms with E-state index in [1.54, 1.807) is 18.2 Å². The Balaban J connectivity index is 2.14. The normalized spacial score (nSPS) is 21.2. The quantitative estimate of drug-likeness (QED) is 0.505. The summed E-state index contributed by atoms with van der Waals surface area (Å²) in [5.74, 6) is -0.144. The molecule has 0 unspecified atom stereocenters. The topological polar surface area (TPSA) is 115 Å². The van der Waals surface area contributed by atoms with Gasteiger partial charge in [-0.05, 0) is 48.1 Å². The first-order valence-electron chi connectivity index (χ1n) is 8.64. The molecule has 1 heterocycles. The van der Waals surface area contributed by atoms with Gasteiger partial charge in [-0.2, -0.15) is 0 Å². The van der Waals surface area contributed by atoms with Crippen molar-refractivity contribution in [2.75, 3.05) is 19.0 Å². The van der Waals surface area contributed by atoms with Crippen LogP contribution < -0.4 is 0 Å². The van der Waals surface area contributed by atoms with Crippen molar-refractivity contribution >= 4 is 15.9 Å². The summed E-state index contributed by atoms with van der Waals surface area (Å²) < 4.78 is 24.2. The number of hydrogen-bond donors (Lipinski definition) is 4. The van der Waals surface area contributed by atoms with Crippen LogP contribution in [0.1, 0.15) is 31.7 Å². The number of aliphatic hydroxyl groups excluding tert-OH is 3. The van der Waals surface area contributed by atoms with Crippen LogP contribution in [0.3, 0.4) is 0 Å². The molecule has 2 atom stereocenters. The van der Waals surface area contributed by atoms with Gasteiger partial charge in [0.15, 0.2) is 9.84 Å². The molecular formula is C19H26O6S. The van der Waals surface area contributed by atoms with Gasteiger partial charge >= 0.3 is 0 Å². The van der Waals surface area contributed by atoms with Crippen molar-refractivity contribution in [3.8, 4) is 5.75 Å². The van der Waals surface area contributed by atoms with Crippen molar-refractivity contribution in [1.29, 1.82) is 0 Å². The summed E-state index contributed by atoms with van der Waals surface area (Å²) in [5.41, 5.74) is 2.42. The van der Waals surface area contributed by atoms with E-state index in [4.69, 9.17) is 0 Å². The van der Waals surface area contributed by atoms with Gasteiger partial charge in [-0.1, -0.05) is 30.7 Å². The minimum absolute atomic E-state index is 0.175. The maximum atomic E-state index is 12.1. The standard InChI is InChI=1S/C19H26O6S/c1-2-13(8-14-4-3-5-16(22)9-14)6-7-17(23)19-15(10-20)12-26(24,25)18(19)11-21/h3-5,8-9,17-18,20-23H,2,6-7,10-12H2,1H3/b13-8+/t17-,18+/m1/s1. The highest BCUT2D eigenvalue weighted by Crippen LogP contribution is 2.32. The predicted molar refractivity (Wildman–Crippen MR) is 100 cm³/mol. The average Bonchev–Trinajstić information content (AvgIpc) is 2.88. The monoisotopic (exact) mass is 382 g/mol. The highest BCUT2D eigenvalue weighted by atomic mass is 32.2. The zero-order valence-electron chi connectivity index (χ0n) is 14.8. The third kappa shape index (κ3) is 4.73. The second kappa shape index (κ2) is 8.81. The molecule has 1 aliphatic heterocycles. The van der Waals surface area contributed by atoms with Crippen molar-refractivity contribution in [1.82, 2.24) is 0 Å². The molecular weight excluding hydrogens is 356 g/mol. The molecule has 0 saturated heterocycles. The number of allylic oxidation sites excluding steroid dienone is 1. The molecule has 0 aromatic heterocycles. The van der Waals surface area contributed by atoms with Crippen LogP contribution in [0.15, 0.2) is 41.0 Å². The maximum Gasteiger partial charge on any atom is 0.163 e. The highest BCUT2D eigenvalue weighted by Gasteiger charge is 2.40. The van der Waals surface area contributed by atoms with Gasteiger partial charge in [0.05, 0.1) is 25.1 Å². The van der Waals surface area contributed by atoms with Gasteiger partial charge in [-0.3, -0.25) is 0 Å². The molecule has 4 N–H and O–H groups in total. The molecule has 0 spiro atoms. The molecule has 0 radical (unpaired) electrons. The lowest BCUT2D eigenvalue weighted by Crippen LogP contribution is -2.29. The Morgan fingerprint density at radius 1 is 1.35 bits per heavy atom. The van der Waals surface area contributed by atoms with Crippen molar-refractivity contribution in [3.63, 3.8) is 0 Å². The lowest BCUT2D eigenvalue weighted by atomic mass is 9.94. The molecule has 0 aliphatic carbocycles. The average molecular weight is 382 g/mol. The SMILES string of the molecule is CC/C(=C\c1cccc(O)c1)CC[C@@H](O)C1=C(CO)CS(=O)(=O)[C@H]1CO. The summed E-state index contributed by atoms with van der Waals surface area (Å²) in [6, 6.07) is 6.84. The van der Waals surface area contributed by atoms with Crippen LogP contribution in [-0.2, 0) is 9.84 Å². The zero-order valence-corrected chi connectivity index (χ0v) is 15.6. The molecule has 1 aromatic carbocycles. The van der Waals surface area contributed by atoms with E-state index in [0.717, 1.165) is 17.6 Å². The number of aliphatic hydroxyl groups is 3. The first-order chi connectivity index (χ1) is 12.3. The number of phenolic OH excluding ortho intramolecular Hbond substituents is 1. The number of sulfone groups is 1. The van der Waals surface area contributed by atoms with E-state index < -0.39 is 34.4 Å². The number of aromatic hydroxyl groups is 1. The molecule has 6 nitrogen and oxygen atoms in total. The molecule has 0 bridgehead atoms. The number of phenols is 1. The second-order valence-electron chi connectivity index (χ2n) is 6.50. The van der Waals surface area contributed by atoms with Crippen molar-refractivity contribution in [3.05, 3.63) is 46.5 Å². The Labute approximate surface area is 154 Å². The van der Waals surface area contributed by atoms with Crippen LogP contribution in [0.4, 0.5) is 0 Å². The minimum Gasteiger partial charge on any atom is -0.508 e. The third-order valence-electron chi connectivity index (χ3n) is 4.71. The second-order valence-corrected chi connectivity index (χ2v) is 8.68. The zero-order chi connectivity index (χ0) is 19.3. The van der Waals surface area contributed by atoms with Crippen LogP contribution in [0.25, 0.3) is 6.08 Å². The molecule has 0 saturated carbocycles. The number of benzene rings is 1. The van der Waals surface area contributed by atoms with E-state index in [1.165, 1.54) is 0 Å². The van der Waals surface area contributed by atoms with E-state index in [9.17, 15) is 28.8 Å². The molecule has 1 aliphatic rings. The Morgan fingerprint density at radius 3 is 2.65 bits per heavy atom. The molecule has 2 rings (SSSR count). The summed E-state index contributed by atoms with van der Waals surface area (Å²) in [6.07, 6.45) is 2.47. The lowest BCUT2D eigenvalue weighted by Gasteiger charge is -2.19. The summed E-state index contributed by atoms with van der Waals surface area (Å²) in [4.78, 5) is 0. The fourth-order valence-corrected chi connectivity index (χ4v) is 5.21. The summed E-state index contributed by atoms with van der Waals surface area (Å²) >= 11 is 0. The fourth-order valence-electron chi connectivity index (χ4n) is 3.33. The summed E-state index contributed by atoms with van der Waals surface area (Å²) in [7, 11) is -3.58. The van der Waals surface area contributed by atoms with Crippen molar-refractivity contribution < 1.29 is 28.8 Å². The van der Waals surface area contributed by atoms with Crippen LogP contribution in [0, 0.1) is 0 Å². The van der Waals surface area contributed by atoms with Gasteiger partial charge in [-0.15, -0.1) is 0 Å². The first-order valence-corrected chi connectivity index (χ1v) is 10.4. The smallest absolute Gasteiger partial charge is 0.163 e. The predicted octanol–water partition coefficient (Wildman–Crippen LogP) is 1.40. The van der Waals surface area contributed by atoms with E-state index in [-0.39, 0.29) is 22.6 Å². The van der Waals surface area contributed by atoms with Crippen LogP contribution in [-0.4, -0.2) is 59.2 Å². The van der Waals surface area contributed by atoms with E-state index in [2.05, 4.69) is 0 Å². The Bertz CT molecular complexity index is 794. The van der Waals surface area contributed by atoms with Gasteiger partial charge in [0.25, 0.3) is 0 Å². The third-order valence-corrected chi connectivity index (χ3v) is 6.73. The highest BCUT2D eigenvalue weighted by molar-refractivity contribution is 7.92. The minimum atomic E-state index is -3.58. The molecule has 144 valence electrons. The Morgan fingerprint density at radius 2 is 2.08 bits per heavy atom. The molecule has 1 aromatic rings. The molecule has 7 heteroatoms. The Hall–Kier alpha value is -1.67. The van der Waals surface area contributed by atoms with E-state index >= 15 is 0 Å². The molecule has 0 amide bonds. The van der Waals surface area contributed by atoms with E-state index in [1.807, 2.05) is 19.1 Å². The van der Waals surface area contributed by atoms with Crippen molar-refractivity contribution in [2.24, 2.45) is 0 Å². The summed E-state index contributed by atoms with van der Waals surface area (Å²) in [5, 5.41) is 37.8. The van der Waals surface area contributed by atoms with Crippen LogP contribution in [0.5, 0.6) is 5.75 Å². The first kappa shape index (κ1) is 20.6. The number of hydrogen-bond acceptors (Lipinski definition) is 6. The Kier molecular flexibility index (Phi) is 7.00. The van der Waals surface area contributed by atoms with Crippen LogP contribution >= 0.6 is 0 Å². The van der Waals surface area contributed by atoms with Crippen LogP contribution in [0.2, 0.25) is 0 Å². The van der Waals surface area contributed by atoms with Gasteiger partial charge < -0.3 is 20.4 Å². The largest absolute Gasteiger partial charge is 0.508 e. The summed E-state index contributed by atoms with van der Waals surface area (Å²) in [6.45, 7) is 0.940. The number of rotatable bonds is 8. The van der Waals surface area contributed by atoms with Gasteiger partial charge in [0.1, 0.15) is 11.0 Å².